The molecule has 1 N–H and O–H groups in total. The lowest BCUT2D eigenvalue weighted by molar-refractivity contribution is -0.125. The van der Waals surface area contributed by atoms with Crippen LogP contribution >= 0.6 is 0 Å². The second-order valence-corrected chi connectivity index (χ2v) is 4.93. The average molecular weight is 198 g/mol. The molecule has 0 saturated carbocycles. The van der Waals surface area contributed by atoms with Crippen molar-refractivity contribution in [2.45, 2.75) is 27.7 Å². The van der Waals surface area contributed by atoms with Gasteiger partial charge in [0.2, 0.25) is 5.91 Å². The molecule has 0 radical (unpaired) electrons. The van der Waals surface area contributed by atoms with Crippen molar-refractivity contribution in [1.29, 1.82) is 0 Å². The van der Waals surface area contributed by atoms with Crippen LogP contribution in [-0.2, 0) is 4.79 Å². The average Bonchev–Trinajstić information content (AvgIpc) is 2.34. The summed E-state index contributed by atoms with van der Waals surface area (Å²) in [7, 11) is 0. The Hall–Kier alpha value is -1.06. The number of amides is 3. The maximum Gasteiger partial charge on any atom is 0.324 e. The Morgan fingerprint density at radius 1 is 1.43 bits per heavy atom. The minimum atomic E-state index is -0.258. The predicted octanol–water partition coefficient (Wildman–Crippen LogP) is 1.22. The van der Waals surface area contributed by atoms with E-state index in [1.165, 1.54) is 4.90 Å². The monoisotopic (exact) mass is 198 g/mol. The summed E-state index contributed by atoms with van der Waals surface area (Å²) in [6, 6.07) is -0.258. The van der Waals surface area contributed by atoms with E-state index >= 15 is 0 Å². The van der Waals surface area contributed by atoms with E-state index in [1.54, 1.807) is 0 Å². The maximum absolute atomic E-state index is 11.3. The molecule has 0 aromatic heterocycles. The quantitative estimate of drug-likeness (QED) is 0.678. The zero-order valence-corrected chi connectivity index (χ0v) is 9.26. The minimum absolute atomic E-state index is 0.114. The highest BCUT2D eigenvalue weighted by atomic mass is 16.2. The molecule has 1 saturated heterocycles. The fourth-order valence-corrected chi connectivity index (χ4v) is 1.19. The molecule has 1 unspecified atom stereocenters. The Bertz CT molecular complexity index is 239. The number of nitrogens with one attached hydrogen (secondary N) is 1. The van der Waals surface area contributed by atoms with Crippen molar-refractivity contribution in [3.05, 3.63) is 0 Å². The van der Waals surface area contributed by atoms with Gasteiger partial charge >= 0.3 is 6.03 Å². The summed E-state index contributed by atoms with van der Waals surface area (Å²) < 4.78 is 0. The van der Waals surface area contributed by atoms with Crippen LogP contribution in [0.2, 0.25) is 0 Å². The summed E-state index contributed by atoms with van der Waals surface area (Å²) in [5.74, 6) is 0.182. The van der Waals surface area contributed by atoms with Crippen molar-refractivity contribution in [3.8, 4) is 0 Å². The van der Waals surface area contributed by atoms with Crippen molar-refractivity contribution in [1.82, 2.24) is 10.2 Å². The summed E-state index contributed by atoms with van der Waals surface area (Å²) in [6.45, 7) is 9.03. The predicted molar refractivity (Wildman–Crippen MR) is 53.7 cm³/mol. The summed E-state index contributed by atoms with van der Waals surface area (Å²) in [4.78, 5) is 23.8. The first-order chi connectivity index (χ1) is 6.32. The van der Waals surface area contributed by atoms with Gasteiger partial charge in [0.1, 0.15) is 0 Å². The third-order valence-electron chi connectivity index (χ3n) is 2.87. The first-order valence-electron chi connectivity index (χ1n) is 4.90. The summed E-state index contributed by atoms with van der Waals surface area (Å²) in [6.07, 6.45) is 0. The molecule has 80 valence electrons. The highest BCUT2D eigenvalue weighted by Gasteiger charge is 2.32. The van der Waals surface area contributed by atoms with E-state index in [9.17, 15) is 9.59 Å². The first kappa shape index (κ1) is 11.0. The molecule has 4 heteroatoms. The lowest BCUT2D eigenvalue weighted by atomic mass is 9.82. The molecular formula is C10H18N2O2. The minimum Gasteiger partial charge on any atom is -0.329 e. The van der Waals surface area contributed by atoms with Crippen molar-refractivity contribution < 1.29 is 9.59 Å². The zero-order valence-electron chi connectivity index (χ0n) is 9.26. The Labute approximate surface area is 84.7 Å². The number of nitrogens with zero attached hydrogens (tertiary/aromatic N) is 1. The van der Waals surface area contributed by atoms with Crippen LogP contribution in [0, 0.1) is 11.3 Å². The number of hydrogen-bond donors (Lipinski definition) is 1. The molecule has 1 fully saturated rings. The number of urea groups is 1. The number of hydrogen-bond acceptors (Lipinski definition) is 2. The van der Waals surface area contributed by atoms with Gasteiger partial charge in [0.15, 0.2) is 0 Å². The molecule has 0 aromatic carbocycles. The zero-order chi connectivity index (χ0) is 10.9. The Morgan fingerprint density at radius 2 is 2.00 bits per heavy atom. The third-order valence-corrected chi connectivity index (χ3v) is 2.87. The topological polar surface area (TPSA) is 49.4 Å². The summed E-state index contributed by atoms with van der Waals surface area (Å²) in [5, 5.41) is 2.51. The standard InChI is InChI=1S/C10H18N2O2/c1-7(10(2,3)4)6-12-8(13)5-11-9(12)14/h7H,5-6H2,1-4H3,(H,11,14). The van der Waals surface area contributed by atoms with Crippen LogP contribution in [0.1, 0.15) is 27.7 Å². The van der Waals surface area contributed by atoms with Gasteiger partial charge in [0.25, 0.3) is 0 Å². The number of rotatable bonds is 2. The van der Waals surface area contributed by atoms with Gasteiger partial charge in [-0.05, 0) is 11.3 Å². The summed E-state index contributed by atoms with van der Waals surface area (Å²) >= 11 is 0. The lowest BCUT2D eigenvalue weighted by Crippen LogP contribution is -2.38. The lowest BCUT2D eigenvalue weighted by Gasteiger charge is -2.29. The Kier molecular flexibility index (Phi) is 2.83. The second-order valence-electron chi connectivity index (χ2n) is 4.93. The van der Waals surface area contributed by atoms with E-state index in [0.717, 1.165) is 0 Å². The van der Waals surface area contributed by atoms with E-state index in [-0.39, 0.29) is 23.9 Å². The second kappa shape index (κ2) is 3.59. The van der Waals surface area contributed by atoms with E-state index < -0.39 is 0 Å². The van der Waals surface area contributed by atoms with Crippen LogP contribution in [0.3, 0.4) is 0 Å². The Balaban J connectivity index is 2.60. The van der Waals surface area contributed by atoms with Crippen LogP contribution in [0.4, 0.5) is 4.79 Å². The van der Waals surface area contributed by atoms with Gasteiger partial charge in [-0.1, -0.05) is 27.7 Å². The van der Waals surface area contributed by atoms with Gasteiger partial charge < -0.3 is 5.32 Å². The van der Waals surface area contributed by atoms with Gasteiger partial charge in [-0.25, -0.2) is 4.79 Å². The normalized spacial score (nSPS) is 19.9. The van der Waals surface area contributed by atoms with Crippen molar-refractivity contribution in [2.75, 3.05) is 13.1 Å². The highest BCUT2D eigenvalue weighted by Crippen LogP contribution is 2.26. The smallest absolute Gasteiger partial charge is 0.324 e. The van der Waals surface area contributed by atoms with Crippen LogP contribution in [0.15, 0.2) is 0 Å². The molecule has 1 aliphatic rings. The fourth-order valence-electron chi connectivity index (χ4n) is 1.19. The van der Waals surface area contributed by atoms with Gasteiger partial charge in [-0.2, -0.15) is 0 Å². The van der Waals surface area contributed by atoms with Gasteiger partial charge in [-0.3, -0.25) is 9.69 Å². The van der Waals surface area contributed by atoms with Gasteiger partial charge in [0, 0.05) is 6.54 Å². The van der Waals surface area contributed by atoms with Crippen LogP contribution in [0.25, 0.3) is 0 Å². The molecule has 3 amide bonds. The van der Waals surface area contributed by atoms with Crippen molar-refractivity contribution in [3.63, 3.8) is 0 Å². The first-order valence-corrected chi connectivity index (χ1v) is 4.90. The number of carbonyl (C=O) groups excluding carboxylic acids is 2. The van der Waals surface area contributed by atoms with E-state index in [2.05, 4.69) is 33.0 Å². The van der Waals surface area contributed by atoms with E-state index in [4.69, 9.17) is 0 Å². The van der Waals surface area contributed by atoms with Crippen LogP contribution in [0.5, 0.6) is 0 Å². The molecular weight excluding hydrogens is 180 g/mol. The SMILES string of the molecule is CC(CN1C(=O)CNC1=O)C(C)(C)C. The molecule has 14 heavy (non-hydrogen) atoms. The molecule has 0 spiro atoms. The number of imide groups is 1. The van der Waals surface area contributed by atoms with Crippen molar-refractivity contribution in [2.24, 2.45) is 11.3 Å². The molecule has 1 aliphatic heterocycles. The molecule has 0 aliphatic carbocycles. The maximum atomic E-state index is 11.3. The van der Waals surface area contributed by atoms with Gasteiger partial charge in [0.05, 0.1) is 6.54 Å². The number of carbonyl (C=O) groups is 2. The van der Waals surface area contributed by atoms with E-state index in [0.29, 0.717) is 12.5 Å². The van der Waals surface area contributed by atoms with Gasteiger partial charge in [-0.15, -0.1) is 0 Å². The van der Waals surface area contributed by atoms with Crippen molar-refractivity contribution >= 4 is 11.9 Å². The molecule has 4 nitrogen and oxygen atoms in total. The molecule has 1 rings (SSSR count). The van der Waals surface area contributed by atoms with Crippen LogP contribution in [-0.4, -0.2) is 29.9 Å². The van der Waals surface area contributed by atoms with Crippen LogP contribution < -0.4 is 5.32 Å². The highest BCUT2D eigenvalue weighted by molar-refractivity contribution is 6.01. The Morgan fingerprint density at radius 3 is 2.36 bits per heavy atom. The molecule has 0 bridgehead atoms. The fraction of sp³-hybridized carbons (Fsp3) is 0.800. The third kappa shape index (κ3) is 2.25. The molecule has 1 heterocycles. The summed E-state index contributed by atoms with van der Waals surface area (Å²) in [5.41, 5.74) is 0.114. The molecule has 1 atom stereocenters. The molecule has 0 aromatic rings. The van der Waals surface area contributed by atoms with E-state index in [1.807, 2.05) is 0 Å². The largest absolute Gasteiger partial charge is 0.329 e.